The SMILES string of the molecule is PPN1CC1. The Morgan fingerprint density at radius 1 is 1.60 bits per heavy atom. The summed E-state index contributed by atoms with van der Waals surface area (Å²) in [5.41, 5.74) is 0. The maximum absolute atomic E-state index is 2.71. The van der Waals surface area contributed by atoms with Gasteiger partial charge in [-0.2, -0.15) is 0 Å². The highest BCUT2D eigenvalue weighted by molar-refractivity contribution is 8.01. The van der Waals surface area contributed by atoms with Gasteiger partial charge in [-0.15, -0.1) is 0 Å². The summed E-state index contributed by atoms with van der Waals surface area (Å²) in [5.74, 6) is 0. The Balaban J connectivity index is 2.00. The molecule has 0 aromatic heterocycles. The third-order valence-electron chi connectivity index (χ3n) is 0.630. The van der Waals surface area contributed by atoms with Gasteiger partial charge in [0.2, 0.25) is 0 Å². The second kappa shape index (κ2) is 1.51. The Morgan fingerprint density at radius 3 is 2.20 bits per heavy atom. The highest BCUT2D eigenvalue weighted by Gasteiger charge is 2.12. The van der Waals surface area contributed by atoms with Crippen LogP contribution in [0.5, 0.6) is 0 Å². The molecule has 2 atom stereocenters. The summed E-state index contributed by atoms with van der Waals surface area (Å²) in [7, 11) is 3.69. The van der Waals surface area contributed by atoms with E-state index in [1.807, 2.05) is 0 Å². The molecule has 0 bridgehead atoms. The van der Waals surface area contributed by atoms with E-state index in [0.29, 0.717) is 0 Å². The summed E-state index contributed by atoms with van der Waals surface area (Å²) in [4.78, 5) is 0. The Hall–Kier alpha value is 0.820. The van der Waals surface area contributed by atoms with Crippen LogP contribution < -0.4 is 0 Å². The van der Waals surface area contributed by atoms with Gasteiger partial charge in [-0.1, -0.05) is 8.93 Å². The van der Waals surface area contributed by atoms with Gasteiger partial charge in [-0.3, -0.25) is 4.67 Å². The van der Waals surface area contributed by atoms with E-state index in [0.717, 1.165) is 8.42 Å². The molecule has 30 valence electrons. The fraction of sp³-hybridized carbons (Fsp3) is 1.00. The summed E-state index contributed by atoms with van der Waals surface area (Å²) in [5, 5.41) is 0. The summed E-state index contributed by atoms with van der Waals surface area (Å²) >= 11 is 0. The molecule has 3 heteroatoms. The Kier molecular flexibility index (Phi) is 1.21. The van der Waals surface area contributed by atoms with Crippen LogP contribution in [0, 0.1) is 0 Å². The standard InChI is InChI=1S/C2H7NP2/c4-5-3-1-2-3/h5H,1-2,4H2. The number of hydrogen-bond donors (Lipinski definition) is 0. The molecule has 1 saturated heterocycles. The van der Waals surface area contributed by atoms with E-state index in [1.54, 1.807) is 0 Å². The molecule has 1 fully saturated rings. The van der Waals surface area contributed by atoms with Crippen molar-refractivity contribution >= 4 is 17.3 Å². The zero-order valence-electron chi connectivity index (χ0n) is 2.94. The topological polar surface area (TPSA) is 3.01 Å². The third-order valence-corrected chi connectivity index (χ3v) is 2.54. The lowest BCUT2D eigenvalue weighted by Crippen LogP contribution is -1.62. The van der Waals surface area contributed by atoms with Gasteiger partial charge >= 0.3 is 0 Å². The highest BCUT2D eigenvalue weighted by Crippen LogP contribution is 2.31. The van der Waals surface area contributed by atoms with Crippen LogP contribution in [0.3, 0.4) is 0 Å². The lowest BCUT2D eigenvalue weighted by Gasteiger charge is -1.82. The van der Waals surface area contributed by atoms with Crippen molar-refractivity contribution in [3.63, 3.8) is 0 Å². The average molecular weight is 107 g/mol. The first kappa shape index (κ1) is 3.99. The monoisotopic (exact) mass is 107 g/mol. The normalized spacial score (nSPS) is 25.8. The zero-order chi connectivity index (χ0) is 3.70. The second-order valence-electron chi connectivity index (χ2n) is 1.12. The highest BCUT2D eigenvalue weighted by atomic mass is 32.0. The quantitative estimate of drug-likeness (QED) is 0.352. The van der Waals surface area contributed by atoms with E-state index in [-0.39, 0.29) is 0 Å². The number of rotatable bonds is 1. The van der Waals surface area contributed by atoms with Crippen LogP contribution in [0.1, 0.15) is 0 Å². The molecular formula is C2H7NP2. The lowest BCUT2D eigenvalue weighted by molar-refractivity contribution is 0.953. The van der Waals surface area contributed by atoms with Gasteiger partial charge < -0.3 is 0 Å². The molecule has 2 unspecified atom stereocenters. The smallest absolute Gasteiger partial charge is 0.0153 e. The van der Waals surface area contributed by atoms with Crippen LogP contribution in [0.4, 0.5) is 0 Å². The van der Waals surface area contributed by atoms with Crippen LogP contribution in [0.25, 0.3) is 0 Å². The largest absolute Gasteiger partial charge is 0.279 e. The van der Waals surface area contributed by atoms with Gasteiger partial charge in [-0.25, -0.2) is 0 Å². The lowest BCUT2D eigenvalue weighted by atomic mass is 11.0. The van der Waals surface area contributed by atoms with E-state index in [2.05, 4.69) is 13.6 Å². The summed E-state index contributed by atoms with van der Waals surface area (Å²) in [6, 6.07) is 0. The van der Waals surface area contributed by atoms with Crippen molar-refractivity contribution in [2.75, 3.05) is 13.1 Å². The predicted molar refractivity (Wildman–Crippen MR) is 29.6 cm³/mol. The van der Waals surface area contributed by atoms with E-state index >= 15 is 0 Å². The Bertz CT molecular complexity index is 34.6. The molecule has 1 nitrogen and oxygen atoms in total. The van der Waals surface area contributed by atoms with E-state index in [1.165, 1.54) is 13.1 Å². The first-order chi connectivity index (χ1) is 2.43. The Morgan fingerprint density at radius 2 is 2.20 bits per heavy atom. The number of nitrogens with zero attached hydrogens (tertiary/aromatic N) is 1. The molecule has 1 aliphatic heterocycles. The molecule has 1 aliphatic rings. The van der Waals surface area contributed by atoms with E-state index in [9.17, 15) is 0 Å². The first-order valence-electron chi connectivity index (χ1n) is 1.64. The summed E-state index contributed by atoms with van der Waals surface area (Å²) in [6.45, 7) is 2.67. The van der Waals surface area contributed by atoms with Crippen molar-refractivity contribution in [2.24, 2.45) is 0 Å². The van der Waals surface area contributed by atoms with Gasteiger partial charge in [0.25, 0.3) is 0 Å². The zero-order valence-corrected chi connectivity index (χ0v) is 5.09. The van der Waals surface area contributed by atoms with Gasteiger partial charge in [0.15, 0.2) is 0 Å². The maximum atomic E-state index is 2.71. The molecule has 0 spiro atoms. The minimum absolute atomic E-state index is 0.975. The van der Waals surface area contributed by atoms with Crippen molar-refractivity contribution in [2.45, 2.75) is 0 Å². The van der Waals surface area contributed by atoms with Gasteiger partial charge in [0, 0.05) is 13.1 Å². The van der Waals surface area contributed by atoms with Crippen LogP contribution in [-0.4, -0.2) is 17.8 Å². The molecule has 1 heterocycles. The van der Waals surface area contributed by atoms with Crippen LogP contribution >= 0.6 is 17.3 Å². The van der Waals surface area contributed by atoms with Crippen molar-refractivity contribution in [1.82, 2.24) is 4.67 Å². The first-order valence-corrected chi connectivity index (χ1v) is 4.40. The predicted octanol–water partition coefficient (Wildman–Crippen LogP) is 0.686. The van der Waals surface area contributed by atoms with E-state index < -0.39 is 0 Å². The fourth-order valence-electron chi connectivity index (χ4n) is 0.179. The van der Waals surface area contributed by atoms with Crippen LogP contribution in [-0.2, 0) is 0 Å². The van der Waals surface area contributed by atoms with Gasteiger partial charge in [0.1, 0.15) is 0 Å². The molecule has 5 heavy (non-hydrogen) atoms. The average Bonchev–Trinajstić information content (AvgIpc) is 2.12. The van der Waals surface area contributed by atoms with Crippen molar-refractivity contribution in [3.8, 4) is 0 Å². The molecule has 0 radical (unpaired) electrons. The molecule has 0 saturated carbocycles. The van der Waals surface area contributed by atoms with E-state index in [4.69, 9.17) is 0 Å². The molecule has 0 aromatic carbocycles. The molecule has 1 rings (SSSR count). The molecule has 0 N–H and O–H groups in total. The minimum Gasteiger partial charge on any atom is -0.279 e. The summed E-state index contributed by atoms with van der Waals surface area (Å²) < 4.78 is 2.37. The molecular weight excluding hydrogens is 100.0 g/mol. The third kappa shape index (κ3) is 1.13. The van der Waals surface area contributed by atoms with Crippen LogP contribution in [0.15, 0.2) is 0 Å². The molecule has 0 aromatic rings. The maximum Gasteiger partial charge on any atom is 0.0153 e. The van der Waals surface area contributed by atoms with Gasteiger partial charge in [-0.05, 0) is 8.42 Å². The number of hydrogen-bond acceptors (Lipinski definition) is 1. The summed E-state index contributed by atoms with van der Waals surface area (Å²) in [6.07, 6.45) is 0. The Labute approximate surface area is 36.1 Å². The van der Waals surface area contributed by atoms with Crippen molar-refractivity contribution in [3.05, 3.63) is 0 Å². The van der Waals surface area contributed by atoms with Gasteiger partial charge in [0.05, 0.1) is 0 Å². The minimum atomic E-state index is 0.975. The second-order valence-corrected chi connectivity index (χ2v) is 2.78. The fourth-order valence-corrected chi connectivity index (χ4v) is 1.31. The van der Waals surface area contributed by atoms with Crippen LogP contribution in [0.2, 0.25) is 0 Å². The van der Waals surface area contributed by atoms with Crippen molar-refractivity contribution in [1.29, 1.82) is 0 Å². The van der Waals surface area contributed by atoms with Crippen molar-refractivity contribution < 1.29 is 0 Å². The molecule has 0 amide bonds. The molecule has 0 aliphatic carbocycles.